The Hall–Kier alpha value is -3.12. The molecule has 1 nitrogen and oxygen atoms in total. The van der Waals surface area contributed by atoms with E-state index < -0.39 is 16.1 Å². The summed E-state index contributed by atoms with van der Waals surface area (Å²) in [5, 5.41) is 7.85. The van der Waals surface area contributed by atoms with Crippen molar-refractivity contribution >= 4 is 72.7 Å². The molecule has 0 atom stereocenters. The van der Waals surface area contributed by atoms with Gasteiger partial charge in [-0.3, -0.25) is 0 Å². The Morgan fingerprint density at radius 3 is 1.47 bits per heavy atom. The Kier molecular flexibility index (Phi) is 10.6. The standard InChI is InChI=1S/C47H58NSeSi2/c1-30(2)50(31(3)4,32(5)6)24-22-38-28-39(23-25-51(33(7)8,34(9)10)35(11)12)43-21-19-41-27-37(26-40-18-20-42(38)47(43)46(40)41)29-48-36(13)49-45-17-15-14-16-44(45)48/h14-21,26-28,30-35H,29H2,1-13H3/q+1. The number of nitrogens with zero attached hydrogens (tertiary/aromatic N) is 1. The molecule has 0 saturated carbocycles. The van der Waals surface area contributed by atoms with E-state index in [1.54, 1.807) is 0 Å². The van der Waals surface area contributed by atoms with Gasteiger partial charge in [0, 0.05) is 0 Å². The van der Waals surface area contributed by atoms with Gasteiger partial charge in [0.1, 0.15) is 16.1 Å². The van der Waals surface area contributed by atoms with E-state index in [2.05, 4.69) is 184 Å². The van der Waals surface area contributed by atoms with Gasteiger partial charge < -0.3 is 0 Å². The van der Waals surface area contributed by atoms with E-state index in [1.165, 1.54) is 52.2 Å². The van der Waals surface area contributed by atoms with Crippen LogP contribution in [0.4, 0.5) is 0 Å². The van der Waals surface area contributed by atoms with E-state index in [4.69, 9.17) is 0 Å². The molecule has 1 heterocycles. The number of hydrogen-bond donors (Lipinski definition) is 0. The number of aryl methyl sites for hydroxylation is 1. The number of fused-ring (bicyclic) bond motifs is 1. The normalized spacial score (nSPS) is 12.8. The predicted molar refractivity (Wildman–Crippen MR) is 231 cm³/mol. The Labute approximate surface area is 316 Å². The van der Waals surface area contributed by atoms with E-state index in [-0.39, 0.29) is 0 Å². The molecule has 0 saturated heterocycles. The molecule has 0 amide bonds. The number of para-hydroxylation sites is 1. The first-order valence-electron chi connectivity index (χ1n) is 19.3. The number of benzene rings is 5. The summed E-state index contributed by atoms with van der Waals surface area (Å²) >= 11 is 0.393. The zero-order valence-electron chi connectivity index (χ0n) is 33.4. The van der Waals surface area contributed by atoms with Crippen LogP contribution in [0, 0.1) is 29.9 Å². The molecule has 0 aliphatic rings. The third-order valence-electron chi connectivity index (χ3n) is 12.5. The summed E-state index contributed by atoms with van der Waals surface area (Å²) in [6.07, 6.45) is 0. The SMILES string of the molecule is Cc1[se]c2ccccc2[n+]1Cc1cc2ccc3c(C#C[Si](C(C)C)(C(C)C)C(C)C)cc(C#C[Si](C(C)C)(C(C)C)C(C)C)c4ccc(c1)c2c34. The Balaban J connectivity index is 1.63. The van der Waals surface area contributed by atoms with Crippen molar-refractivity contribution in [3.8, 4) is 22.9 Å². The van der Waals surface area contributed by atoms with Crippen molar-refractivity contribution in [1.82, 2.24) is 0 Å². The van der Waals surface area contributed by atoms with Crippen molar-refractivity contribution < 1.29 is 4.57 Å². The van der Waals surface area contributed by atoms with Crippen LogP contribution in [0.15, 0.2) is 66.7 Å². The van der Waals surface area contributed by atoms with Crippen LogP contribution in [0.5, 0.6) is 0 Å². The molecular weight excluding hydrogens is 714 g/mol. The Bertz CT molecular complexity index is 2190. The second kappa shape index (κ2) is 14.4. The van der Waals surface area contributed by atoms with Gasteiger partial charge in [-0.15, -0.1) is 0 Å². The molecule has 6 aromatic rings. The summed E-state index contributed by atoms with van der Waals surface area (Å²) in [6, 6.07) is 25.6. The molecule has 4 heteroatoms. The third kappa shape index (κ3) is 6.36. The van der Waals surface area contributed by atoms with Crippen LogP contribution in [0.2, 0.25) is 33.2 Å². The molecule has 0 spiro atoms. The van der Waals surface area contributed by atoms with Crippen LogP contribution in [-0.2, 0) is 6.54 Å². The fourth-order valence-electron chi connectivity index (χ4n) is 10.0. The van der Waals surface area contributed by atoms with Gasteiger partial charge in [-0.1, -0.05) is 83.1 Å². The van der Waals surface area contributed by atoms with Gasteiger partial charge >= 0.3 is 186 Å². The van der Waals surface area contributed by atoms with Crippen molar-refractivity contribution in [1.29, 1.82) is 0 Å². The zero-order chi connectivity index (χ0) is 37.0. The van der Waals surface area contributed by atoms with Gasteiger partial charge in [0.2, 0.25) is 0 Å². The summed E-state index contributed by atoms with van der Waals surface area (Å²) in [5.74, 6) is 7.82. The van der Waals surface area contributed by atoms with Crippen molar-refractivity contribution in [2.75, 3.05) is 0 Å². The van der Waals surface area contributed by atoms with Crippen LogP contribution < -0.4 is 4.57 Å². The quantitative estimate of drug-likeness (QED) is 0.0628. The van der Waals surface area contributed by atoms with Gasteiger partial charge in [-0.2, -0.15) is 0 Å². The molecule has 0 fully saturated rings. The van der Waals surface area contributed by atoms with Crippen molar-refractivity contribution in [2.45, 2.75) is 130 Å². The zero-order valence-corrected chi connectivity index (χ0v) is 37.1. The van der Waals surface area contributed by atoms with Gasteiger partial charge in [-0.05, 0) is 33.2 Å². The first kappa shape index (κ1) is 37.6. The average Bonchev–Trinajstić information content (AvgIpc) is 3.37. The van der Waals surface area contributed by atoms with Crippen LogP contribution >= 0.6 is 0 Å². The first-order valence-corrected chi connectivity index (χ1v) is 25.5. The molecule has 0 radical (unpaired) electrons. The molecular formula is C47H58NSeSi2+. The fraction of sp³-hybridized carbons (Fsp3) is 0.426. The van der Waals surface area contributed by atoms with E-state index in [0.29, 0.717) is 47.8 Å². The van der Waals surface area contributed by atoms with Crippen LogP contribution in [0.1, 0.15) is 104 Å². The maximum absolute atomic E-state index is 4.08. The Morgan fingerprint density at radius 1 is 0.569 bits per heavy atom. The summed E-state index contributed by atoms with van der Waals surface area (Å²) < 4.78 is 5.50. The molecule has 6 rings (SSSR count). The molecule has 0 unspecified atom stereocenters. The second-order valence-electron chi connectivity index (χ2n) is 17.0. The molecule has 0 aliphatic heterocycles. The van der Waals surface area contributed by atoms with E-state index in [9.17, 15) is 0 Å². The van der Waals surface area contributed by atoms with Gasteiger partial charge in [0.05, 0.1) is 0 Å². The van der Waals surface area contributed by atoms with Crippen LogP contribution in [0.3, 0.4) is 0 Å². The summed E-state index contributed by atoms with van der Waals surface area (Å²) in [4.78, 5) is 0. The molecule has 264 valence electrons. The fourth-order valence-corrected chi connectivity index (χ4v) is 22.6. The summed E-state index contributed by atoms with van der Waals surface area (Å²) in [7, 11) is -3.88. The third-order valence-corrected chi connectivity index (χ3v) is 27.3. The molecule has 51 heavy (non-hydrogen) atoms. The van der Waals surface area contributed by atoms with Crippen molar-refractivity contribution in [3.05, 3.63) is 88.0 Å². The van der Waals surface area contributed by atoms with Crippen molar-refractivity contribution in [2.24, 2.45) is 0 Å². The molecule has 1 aromatic heterocycles. The topological polar surface area (TPSA) is 3.88 Å². The van der Waals surface area contributed by atoms with Crippen LogP contribution in [-0.4, -0.2) is 30.7 Å². The Morgan fingerprint density at radius 2 is 1.02 bits per heavy atom. The molecule has 5 aromatic carbocycles. The van der Waals surface area contributed by atoms with Gasteiger partial charge in [-0.25, -0.2) is 0 Å². The summed E-state index contributed by atoms with van der Waals surface area (Å²) in [5.41, 5.74) is 16.7. The number of rotatable bonds is 8. The molecule has 0 N–H and O–H groups in total. The number of hydrogen-bond acceptors (Lipinski definition) is 0. The number of aromatic nitrogens is 1. The van der Waals surface area contributed by atoms with Gasteiger partial charge in [0.15, 0.2) is 0 Å². The average molecular weight is 772 g/mol. The second-order valence-corrected chi connectivity index (χ2v) is 30.7. The first-order chi connectivity index (χ1) is 24.1. The maximum atomic E-state index is 4.08. The van der Waals surface area contributed by atoms with E-state index >= 15 is 0 Å². The van der Waals surface area contributed by atoms with E-state index in [1.807, 2.05) is 0 Å². The molecule has 0 aliphatic carbocycles. The minimum atomic E-state index is -1.94. The van der Waals surface area contributed by atoms with Crippen molar-refractivity contribution in [3.63, 3.8) is 0 Å². The monoisotopic (exact) mass is 772 g/mol. The van der Waals surface area contributed by atoms with E-state index in [0.717, 1.165) is 17.7 Å². The summed E-state index contributed by atoms with van der Waals surface area (Å²) in [6.45, 7) is 32.1. The predicted octanol–water partition coefficient (Wildman–Crippen LogP) is 12.6. The van der Waals surface area contributed by atoms with Crippen LogP contribution in [0.25, 0.3) is 42.1 Å². The van der Waals surface area contributed by atoms with Gasteiger partial charge in [0.25, 0.3) is 0 Å². The minimum absolute atomic E-state index is 0.393. The molecule has 0 bridgehead atoms.